The number of nitrogens with zero attached hydrogens (tertiary/aromatic N) is 3. The minimum Gasteiger partial charge on any atom is -0.338 e. The number of hydrogen-bond donors (Lipinski definition) is 1. The number of hydrogen-bond acceptors (Lipinski definition) is 3. The quantitative estimate of drug-likeness (QED) is 0.909. The monoisotopic (exact) mass is 278 g/mol. The molecule has 2 heterocycles. The van der Waals surface area contributed by atoms with Crippen LogP contribution in [0.1, 0.15) is 42.7 Å². The lowest BCUT2D eigenvalue weighted by molar-refractivity contribution is 0.0671. The molecule has 1 atom stereocenters. The topological polar surface area (TPSA) is 50.2 Å². The van der Waals surface area contributed by atoms with Crippen molar-refractivity contribution in [3.63, 3.8) is 0 Å². The summed E-state index contributed by atoms with van der Waals surface area (Å²) in [5, 5.41) is 7.74. The van der Waals surface area contributed by atoms with Crippen molar-refractivity contribution < 1.29 is 4.79 Å². The zero-order chi connectivity index (χ0) is 14.7. The van der Waals surface area contributed by atoms with Crippen molar-refractivity contribution in [2.75, 3.05) is 19.6 Å². The van der Waals surface area contributed by atoms with Crippen molar-refractivity contribution in [2.24, 2.45) is 13.0 Å². The van der Waals surface area contributed by atoms with E-state index in [1.165, 1.54) is 6.42 Å². The minimum absolute atomic E-state index is 0.129. The van der Waals surface area contributed by atoms with Crippen LogP contribution in [0.2, 0.25) is 0 Å². The Hall–Kier alpha value is -1.36. The lowest BCUT2D eigenvalue weighted by atomic mass is 9.97. The number of amides is 1. The molecule has 0 spiro atoms. The summed E-state index contributed by atoms with van der Waals surface area (Å²) in [5.74, 6) is 0.692. The van der Waals surface area contributed by atoms with Crippen LogP contribution < -0.4 is 5.32 Å². The Morgan fingerprint density at radius 1 is 1.55 bits per heavy atom. The lowest BCUT2D eigenvalue weighted by Crippen LogP contribution is -2.43. The van der Waals surface area contributed by atoms with Crippen LogP contribution in [0.4, 0.5) is 0 Å². The molecule has 20 heavy (non-hydrogen) atoms. The molecule has 112 valence electrons. The van der Waals surface area contributed by atoms with Gasteiger partial charge in [-0.25, -0.2) is 0 Å². The van der Waals surface area contributed by atoms with Crippen molar-refractivity contribution in [3.05, 3.63) is 17.5 Å². The zero-order valence-electron chi connectivity index (χ0n) is 13.0. The number of aryl methyl sites for hydroxylation is 2. The normalized spacial score (nSPS) is 19.6. The number of rotatable bonds is 4. The van der Waals surface area contributed by atoms with E-state index in [2.05, 4.69) is 24.3 Å². The number of nitrogens with one attached hydrogen (secondary N) is 1. The Morgan fingerprint density at radius 2 is 2.30 bits per heavy atom. The minimum atomic E-state index is 0.129. The molecule has 1 fully saturated rings. The lowest BCUT2D eigenvalue weighted by Gasteiger charge is -2.33. The number of carbonyl (C=O) groups is 1. The summed E-state index contributed by atoms with van der Waals surface area (Å²) < 4.78 is 1.71. The molecule has 0 radical (unpaired) electrons. The summed E-state index contributed by atoms with van der Waals surface area (Å²) in [6, 6.07) is 0.502. The number of aromatic nitrogens is 2. The van der Waals surface area contributed by atoms with E-state index in [-0.39, 0.29) is 5.91 Å². The van der Waals surface area contributed by atoms with Gasteiger partial charge >= 0.3 is 0 Å². The summed E-state index contributed by atoms with van der Waals surface area (Å²) in [6.07, 6.45) is 4.12. The average molecular weight is 278 g/mol. The van der Waals surface area contributed by atoms with Gasteiger partial charge in [0.2, 0.25) is 0 Å². The number of piperidine rings is 1. The van der Waals surface area contributed by atoms with Gasteiger partial charge in [0, 0.05) is 32.4 Å². The largest absolute Gasteiger partial charge is 0.338 e. The van der Waals surface area contributed by atoms with E-state index in [9.17, 15) is 4.79 Å². The summed E-state index contributed by atoms with van der Waals surface area (Å²) in [5.41, 5.74) is 1.56. The van der Waals surface area contributed by atoms with Gasteiger partial charge in [-0.15, -0.1) is 0 Å². The molecule has 1 aliphatic rings. The van der Waals surface area contributed by atoms with Gasteiger partial charge in [0.1, 0.15) is 0 Å². The second-order valence-corrected chi connectivity index (χ2v) is 6.12. The molecule has 1 aliphatic heterocycles. The summed E-state index contributed by atoms with van der Waals surface area (Å²) in [7, 11) is 1.86. The van der Waals surface area contributed by atoms with Crippen molar-refractivity contribution in [1.29, 1.82) is 0 Å². The Morgan fingerprint density at radius 3 is 2.90 bits per heavy atom. The van der Waals surface area contributed by atoms with Gasteiger partial charge in [-0.1, -0.05) is 13.8 Å². The molecule has 1 saturated heterocycles. The number of likely N-dealkylation sites (tertiary alicyclic amines) is 1. The Bertz CT molecular complexity index is 466. The average Bonchev–Trinajstić information content (AvgIpc) is 2.75. The van der Waals surface area contributed by atoms with Gasteiger partial charge in [0.15, 0.2) is 0 Å². The molecule has 1 amide bonds. The third-order valence-electron chi connectivity index (χ3n) is 3.86. The molecule has 2 rings (SSSR count). The molecular formula is C15H26N4O. The van der Waals surface area contributed by atoms with E-state index in [1.807, 2.05) is 25.1 Å². The Kier molecular flexibility index (Phi) is 4.81. The molecule has 1 unspecified atom stereocenters. The zero-order valence-corrected chi connectivity index (χ0v) is 13.0. The van der Waals surface area contributed by atoms with Crippen LogP contribution in [-0.2, 0) is 7.05 Å². The summed E-state index contributed by atoms with van der Waals surface area (Å²) in [4.78, 5) is 14.6. The molecule has 0 bridgehead atoms. The third kappa shape index (κ3) is 3.60. The van der Waals surface area contributed by atoms with Crippen molar-refractivity contribution in [2.45, 2.75) is 39.7 Å². The molecule has 5 nitrogen and oxygen atoms in total. The highest BCUT2D eigenvalue weighted by Crippen LogP contribution is 2.19. The first-order valence-electron chi connectivity index (χ1n) is 7.50. The molecule has 1 aromatic rings. The van der Waals surface area contributed by atoms with Gasteiger partial charge in [0.25, 0.3) is 5.91 Å². The molecule has 5 heteroatoms. The fraction of sp³-hybridized carbons (Fsp3) is 0.733. The van der Waals surface area contributed by atoms with E-state index < -0.39 is 0 Å². The van der Waals surface area contributed by atoms with E-state index in [0.29, 0.717) is 12.0 Å². The first-order valence-corrected chi connectivity index (χ1v) is 7.50. The molecule has 0 saturated carbocycles. The highest BCUT2D eigenvalue weighted by molar-refractivity contribution is 5.95. The van der Waals surface area contributed by atoms with E-state index in [1.54, 1.807) is 4.68 Å². The van der Waals surface area contributed by atoms with Crippen LogP contribution >= 0.6 is 0 Å². The molecule has 0 aliphatic carbocycles. The maximum Gasteiger partial charge on any atom is 0.257 e. The Labute approximate surface area is 121 Å². The molecule has 0 aromatic carbocycles. The second kappa shape index (κ2) is 6.39. The maximum absolute atomic E-state index is 12.6. The van der Waals surface area contributed by atoms with Crippen molar-refractivity contribution >= 4 is 5.91 Å². The standard InChI is InChI=1S/C15H26N4O/c1-11(2)16-8-13-6-5-7-19(9-13)15(20)14-10-18(4)17-12(14)3/h10-11,13,16H,5-9H2,1-4H3. The maximum atomic E-state index is 12.6. The van der Waals surface area contributed by atoms with E-state index in [0.717, 1.165) is 37.3 Å². The smallest absolute Gasteiger partial charge is 0.257 e. The van der Waals surface area contributed by atoms with Crippen LogP contribution in [-0.4, -0.2) is 46.3 Å². The predicted molar refractivity (Wildman–Crippen MR) is 79.7 cm³/mol. The van der Waals surface area contributed by atoms with Crippen molar-refractivity contribution in [1.82, 2.24) is 20.0 Å². The molecular weight excluding hydrogens is 252 g/mol. The van der Waals surface area contributed by atoms with Crippen LogP contribution in [0.3, 0.4) is 0 Å². The van der Waals surface area contributed by atoms with Gasteiger partial charge in [-0.05, 0) is 32.2 Å². The van der Waals surface area contributed by atoms with Gasteiger partial charge in [-0.3, -0.25) is 9.48 Å². The van der Waals surface area contributed by atoms with Gasteiger partial charge < -0.3 is 10.2 Å². The third-order valence-corrected chi connectivity index (χ3v) is 3.86. The predicted octanol–water partition coefficient (Wildman–Crippen LogP) is 1.58. The van der Waals surface area contributed by atoms with Crippen LogP contribution in [0.25, 0.3) is 0 Å². The molecule has 1 N–H and O–H groups in total. The highest BCUT2D eigenvalue weighted by Gasteiger charge is 2.26. The highest BCUT2D eigenvalue weighted by atomic mass is 16.2. The first kappa shape index (κ1) is 15.0. The summed E-state index contributed by atoms with van der Waals surface area (Å²) >= 11 is 0. The summed E-state index contributed by atoms with van der Waals surface area (Å²) in [6.45, 7) is 8.93. The number of carbonyl (C=O) groups excluding carboxylic acids is 1. The van der Waals surface area contributed by atoms with Gasteiger partial charge in [-0.2, -0.15) is 5.10 Å². The van der Waals surface area contributed by atoms with Crippen LogP contribution in [0, 0.1) is 12.8 Å². The fourth-order valence-electron chi connectivity index (χ4n) is 2.80. The van der Waals surface area contributed by atoms with Gasteiger partial charge in [0.05, 0.1) is 11.3 Å². The first-order chi connectivity index (χ1) is 9.47. The van der Waals surface area contributed by atoms with Crippen LogP contribution in [0.15, 0.2) is 6.20 Å². The second-order valence-electron chi connectivity index (χ2n) is 6.12. The SMILES string of the molecule is Cc1nn(C)cc1C(=O)N1CCCC(CNC(C)C)C1. The van der Waals surface area contributed by atoms with E-state index >= 15 is 0 Å². The van der Waals surface area contributed by atoms with Crippen LogP contribution in [0.5, 0.6) is 0 Å². The Balaban J connectivity index is 1.98. The van der Waals surface area contributed by atoms with E-state index in [4.69, 9.17) is 0 Å². The molecule has 1 aromatic heterocycles. The van der Waals surface area contributed by atoms with Crippen molar-refractivity contribution in [3.8, 4) is 0 Å². The fourth-order valence-corrected chi connectivity index (χ4v) is 2.80.